The Hall–Kier alpha value is -0.690. The SMILES string of the molecule is CCNCCN(C)CCC[C@@H](C)N1CC[N+](CC)(CC(N)=O)CC1. The number of hydrogen-bond donors (Lipinski definition) is 2. The van der Waals surface area contributed by atoms with E-state index in [1.165, 1.54) is 19.4 Å². The quantitative estimate of drug-likeness (QED) is 0.396. The number of primary amides is 1. The third kappa shape index (κ3) is 7.47. The van der Waals surface area contributed by atoms with Crippen LogP contribution >= 0.6 is 0 Å². The molecule has 1 aliphatic rings. The highest BCUT2D eigenvalue weighted by Gasteiger charge is 2.34. The third-order valence-electron chi connectivity index (χ3n) is 5.59. The second-order valence-corrected chi connectivity index (χ2v) is 7.41. The highest BCUT2D eigenvalue weighted by Crippen LogP contribution is 2.16. The molecule has 3 N–H and O–H groups in total. The molecule has 0 saturated carbocycles. The van der Waals surface area contributed by atoms with Crippen LogP contribution in [0.25, 0.3) is 0 Å². The number of likely N-dealkylation sites (N-methyl/N-ethyl adjacent to an activating group) is 3. The van der Waals surface area contributed by atoms with Crippen molar-refractivity contribution in [2.24, 2.45) is 5.73 Å². The van der Waals surface area contributed by atoms with Gasteiger partial charge in [0, 0.05) is 32.2 Å². The van der Waals surface area contributed by atoms with Crippen LogP contribution in [0.5, 0.6) is 0 Å². The summed E-state index contributed by atoms with van der Waals surface area (Å²) >= 11 is 0. The van der Waals surface area contributed by atoms with Gasteiger partial charge in [0.05, 0.1) is 19.6 Å². The predicted octanol–water partition coefficient (Wildman–Crippen LogP) is 0.334. The zero-order valence-electron chi connectivity index (χ0n) is 16.4. The Labute approximate surface area is 148 Å². The summed E-state index contributed by atoms with van der Waals surface area (Å²) in [7, 11) is 2.21. The number of rotatable bonds is 12. The largest absolute Gasteiger partial charge is 0.365 e. The number of nitrogens with two attached hydrogens (primary N) is 1. The van der Waals surface area contributed by atoms with Crippen molar-refractivity contribution in [3.05, 3.63) is 0 Å². The molecule has 1 atom stereocenters. The molecule has 142 valence electrons. The molecule has 0 bridgehead atoms. The summed E-state index contributed by atoms with van der Waals surface area (Å²) in [5.74, 6) is -0.168. The van der Waals surface area contributed by atoms with E-state index in [9.17, 15) is 4.79 Å². The van der Waals surface area contributed by atoms with Crippen LogP contribution in [0.3, 0.4) is 0 Å². The second kappa shape index (κ2) is 11.0. The molecule has 1 heterocycles. The molecule has 0 aromatic heterocycles. The monoisotopic (exact) mass is 342 g/mol. The minimum atomic E-state index is -0.168. The van der Waals surface area contributed by atoms with Crippen LogP contribution in [0.1, 0.15) is 33.6 Å². The molecular weight excluding hydrogens is 302 g/mol. The van der Waals surface area contributed by atoms with Gasteiger partial charge in [-0.05, 0) is 46.8 Å². The molecule has 0 aromatic rings. The number of nitrogens with one attached hydrogen (secondary N) is 1. The van der Waals surface area contributed by atoms with Crippen LogP contribution in [0.4, 0.5) is 0 Å². The average molecular weight is 343 g/mol. The van der Waals surface area contributed by atoms with Crippen molar-refractivity contribution >= 4 is 5.91 Å². The van der Waals surface area contributed by atoms with Gasteiger partial charge in [0.1, 0.15) is 0 Å². The lowest BCUT2D eigenvalue weighted by atomic mass is 10.1. The molecule has 0 radical (unpaired) electrons. The van der Waals surface area contributed by atoms with Crippen molar-refractivity contribution in [1.29, 1.82) is 0 Å². The van der Waals surface area contributed by atoms with E-state index < -0.39 is 0 Å². The molecular formula is C18H40N5O+. The first-order valence-corrected chi connectivity index (χ1v) is 9.69. The van der Waals surface area contributed by atoms with Gasteiger partial charge in [-0.25, -0.2) is 0 Å². The van der Waals surface area contributed by atoms with Crippen molar-refractivity contribution in [2.45, 2.75) is 39.7 Å². The highest BCUT2D eigenvalue weighted by atomic mass is 16.1. The summed E-state index contributed by atoms with van der Waals surface area (Å²) < 4.78 is 0.867. The van der Waals surface area contributed by atoms with Gasteiger partial charge in [-0.15, -0.1) is 0 Å². The van der Waals surface area contributed by atoms with E-state index in [0.717, 1.165) is 56.8 Å². The first-order valence-electron chi connectivity index (χ1n) is 9.69. The Bertz CT molecular complexity index is 355. The van der Waals surface area contributed by atoms with Crippen LogP contribution < -0.4 is 11.1 Å². The minimum absolute atomic E-state index is 0.168. The summed E-state index contributed by atoms with van der Waals surface area (Å²) in [5, 5.41) is 3.37. The first kappa shape index (κ1) is 21.4. The van der Waals surface area contributed by atoms with E-state index in [2.05, 4.69) is 42.9 Å². The number of nitrogens with zero attached hydrogens (tertiary/aromatic N) is 3. The third-order valence-corrected chi connectivity index (χ3v) is 5.59. The van der Waals surface area contributed by atoms with Crippen LogP contribution in [0.2, 0.25) is 0 Å². The predicted molar refractivity (Wildman–Crippen MR) is 101 cm³/mol. The van der Waals surface area contributed by atoms with E-state index in [1.807, 2.05) is 0 Å². The molecule has 1 saturated heterocycles. The maximum absolute atomic E-state index is 11.3. The molecule has 24 heavy (non-hydrogen) atoms. The lowest BCUT2D eigenvalue weighted by Crippen LogP contribution is -2.63. The number of piperazine rings is 1. The Morgan fingerprint density at radius 3 is 2.50 bits per heavy atom. The molecule has 6 nitrogen and oxygen atoms in total. The number of hydrogen-bond acceptors (Lipinski definition) is 4. The summed E-state index contributed by atoms with van der Waals surface area (Å²) in [6.45, 7) is 16.8. The zero-order chi connectivity index (χ0) is 18.0. The fourth-order valence-electron chi connectivity index (χ4n) is 3.66. The van der Waals surface area contributed by atoms with E-state index in [0.29, 0.717) is 12.6 Å². The van der Waals surface area contributed by atoms with E-state index in [4.69, 9.17) is 5.73 Å². The molecule has 1 aliphatic heterocycles. The van der Waals surface area contributed by atoms with Crippen LogP contribution in [0.15, 0.2) is 0 Å². The standard InChI is InChI=1S/C18H39N5O/c1-5-20-9-11-21(4)10-7-8-17(3)22-12-14-23(6-2,15-13-22)16-18(19)24/h17,20H,5-16H2,1-4H3,(H-,19,24)/p+1/t17-/m1/s1. The molecule has 1 rings (SSSR count). The maximum Gasteiger partial charge on any atom is 0.272 e. The van der Waals surface area contributed by atoms with E-state index in [1.54, 1.807) is 0 Å². The van der Waals surface area contributed by atoms with Gasteiger partial charge < -0.3 is 20.4 Å². The van der Waals surface area contributed by atoms with Crippen LogP contribution in [-0.2, 0) is 4.79 Å². The molecule has 0 aromatic carbocycles. The van der Waals surface area contributed by atoms with Gasteiger partial charge in [-0.2, -0.15) is 0 Å². The lowest BCUT2D eigenvalue weighted by Gasteiger charge is -2.45. The molecule has 0 aliphatic carbocycles. The smallest absolute Gasteiger partial charge is 0.272 e. The highest BCUT2D eigenvalue weighted by molar-refractivity contribution is 5.74. The molecule has 1 amide bonds. The zero-order valence-corrected chi connectivity index (χ0v) is 16.4. The van der Waals surface area contributed by atoms with Crippen LogP contribution in [0, 0.1) is 0 Å². The molecule has 1 fully saturated rings. The Morgan fingerprint density at radius 2 is 1.96 bits per heavy atom. The average Bonchev–Trinajstić information content (AvgIpc) is 2.55. The van der Waals surface area contributed by atoms with E-state index in [-0.39, 0.29) is 5.91 Å². The van der Waals surface area contributed by atoms with Crippen LogP contribution in [-0.4, -0.2) is 98.7 Å². The summed E-state index contributed by atoms with van der Waals surface area (Å²) in [5.41, 5.74) is 5.44. The topological polar surface area (TPSA) is 61.6 Å². The minimum Gasteiger partial charge on any atom is -0.365 e. The van der Waals surface area contributed by atoms with Crippen molar-refractivity contribution < 1.29 is 9.28 Å². The van der Waals surface area contributed by atoms with Gasteiger partial charge in [0.15, 0.2) is 6.54 Å². The Kier molecular flexibility index (Phi) is 9.81. The first-order chi connectivity index (χ1) is 11.4. The molecule has 0 unspecified atom stereocenters. The van der Waals surface area contributed by atoms with Gasteiger partial charge in [-0.1, -0.05) is 6.92 Å². The van der Waals surface area contributed by atoms with Gasteiger partial charge >= 0.3 is 0 Å². The van der Waals surface area contributed by atoms with Crippen molar-refractivity contribution in [3.8, 4) is 0 Å². The van der Waals surface area contributed by atoms with Crippen molar-refractivity contribution in [3.63, 3.8) is 0 Å². The summed E-state index contributed by atoms with van der Waals surface area (Å²) in [6.07, 6.45) is 2.49. The Balaban J connectivity index is 2.25. The molecule has 0 spiro atoms. The number of carbonyl (C=O) groups is 1. The van der Waals surface area contributed by atoms with Gasteiger partial charge in [0.2, 0.25) is 0 Å². The maximum atomic E-state index is 11.3. The fraction of sp³-hybridized carbons (Fsp3) is 0.944. The molecule has 6 heteroatoms. The van der Waals surface area contributed by atoms with Gasteiger partial charge in [-0.3, -0.25) is 9.69 Å². The summed E-state index contributed by atoms with van der Waals surface area (Å²) in [4.78, 5) is 16.3. The normalized spacial score (nSPS) is 19.5. The van der Waals surface area contributed by atoms with Crippen molar-refractivity contribution in [2.75, 3.05) is 72.5 Å². The summed E-state index contributed by atoms with van der Waals surface area (Å²) in [6, 6.07) is 0.625. The lowest BCUT2D eigenvalue weighted by molar-refractivity contribution is -0.923. The number of carbonyl (C=O) groups excluding carboxylic acids is 1. The fourth-order valence-corrected chi connectivity index (χ4v) is 3.66. The number of quaternary nitrogens is 1. The number of amides is 1. The van der Waals surface area contributed by atoms with E-state index >= 15 is 0 Å². The second-order valence-electron chi connectivity index (χ2n) is 7.41. The van der Waals surface area contributed by atoms with Gasteiger partial charge in [0.25, 0.3) is 5.91 Å². The van der Waals surface area contributed by atoms with Crippen molar-refractivity contribution in [1.82, 2.24) is 15.1 Å². The Morgan fingerprint density at radius 1 is 1.29 bits per heavy atom.